The number of methoxy groups -OCH3 is 2. The second-order valence-electron chi connectivity index (χ2n) is 4.74. The highest BCUT2D eigenvalue weighted by Crippen LogP contribution is 2.08. The molecule has 6 nitrogen and oxygen atoms in total. The van der Waals surface area contributed by atoms with Crippen molar-refractivity contribution >= 4 is 5.95 Å². The Hall–Kier alpha value is -1.24. The molecule has 0 radical (unpaired) electrons. The van der Waals surface area contributed by atoms with E-state index in [0.29, 0.717) is 19.2 Å². The zero-order valence-corrected chi connectivity index (χ0v) is 12.7. The maximum atomic E-state index is 5.94. The molecule has 0 aliphatic rings. The number of rotatable bonds is 10. The average Bonchev–Trinajstić information content (AvgIpc) is 2.48. The Balaban J connectivity index is 2.65. The van der Waals surface area contributed by atoms with E-state index in [1.165, 1.54) is 0 Å². The smallest absolute Gasteiger partial charge is 0.225 e. The van der Waals surface area contributed by atoms with Gasteiger partial charge in [-0.2, -0.15) is 0 Å². The molecular weight excluding hydrogens is 256 g/mol. The molecule has 1 unspecified atom stereocenters. The third kappa shape index (κ3) is 5.81. The zero-order valence-electron chi connectivity index (χ0n) is 12.7. The number of nitrogens with two attached hydrogens (primary N) is 1. The van der Waals surface area contributed by atoms with Crippen LogP contribution in [0.15, 0.2) is 12.4 Å². The van der Waals surface area contributed by atoms with E-state index < -0.39 is 0 Å². The number of anilines is 1. The van der Waals surface area contributed by atoms with Gasteiger partial charge < -0.3 is 20.1 Å². The lowest BCUT2D eigenvalue weighted by molar-refractivity contribution is 0.189. The number of hydrogen-bond acceptors (Lipinski definition) is 6. The number of nitrogens with zero attached hydrogens (tertiary/aromatic N) is 3. The monoisotopic (exact) mass is 282 g/mol. The van der Waals surface area contributed by atoms with Crippen molar-refractivity contribution < 1.29 is 9.47 Å². The molecule has 1 aromatic rings. The highest BCUT2D eigenvalue weighted by molar-refractivity contribution is 5.29. The van der Waals surface area contributed by atoms with Crippen LogP contribution in [0.5, 0.6) is 0 Å². The quantitative estimate of drug-likeness (QED) is 0.686. The van der Waals surface area contributed by atoms with Crippen LogP contribution in [0, 0.1) is 0 Å². The van der Waals surface area contributed by atoms with E-state index in [0.717, 1.165) is 31.5 Å². The van der Waals surface area contributed by atoms with Gasteiger partial charge in [0.05, 0.1) is 13.2 Å². The van der Waals surface area contributed by atoms with Gasteiger partial charge in [0, 0.05) is 45.7 Å². The van der Waals surface area contributed by atoms with Gasteiger partial charge in [0.1, 0.15) is 0 Å². The first-order valence-electron chi connectivity index (χ1n) is 7.00. The SMILES string of the molecule is CCC(N)Cc1cnc(N(CCOC)CCOC)nc1. The second-order valence-corrected chi connectivity index (χ2v) is 4.74. The molecule has 0 saturated carbocycles. The number of aromatic nitrogens is 2. The van der Waals surface area contributed by atoms with Crippen molar-refractivity contribution in [2.75, 3.05) is 45.4 Å². The van der Waals surface area contributed by atoms with Crippen LogP contribution in [0.2, 0.25) is 0 Å². The summed E-state index contributed by atoms with van der Waals surface area (Å²) < 4.78 is 10.2. The van der Waals surface area contributed by atoms with E-state index in [1.54, 1.807) is 14.2 Å². The van der Waals surface area contributed by atoms with Crippen LogP contribution >= 0.6 is 0 Å². The predicted molar refractivity (Wildman–Crippen MR) is 80.0 cm³/mol. The third-order valence-corrected chi connectivity index (χ3v) is 3.13. The summed E-state index contributed by atoms with van der Waals surface area (Å²) in [5.41, 5.74) is 7.01. The largest absolute Gasteiger partial charge is 0.383 e. The average molecular weight is 282 g/mol. The molecule has 114 valence electrons. The summed E-state index contributed by atoms with van der Waals surface area (Å²) >= 11 is 0. The van der Waals surface area contributed by atoms with Crippen molar-refractivity contribution in [2.24, 2.45) is 5.73 Å². The summed E-state index contributed by atoms with van der Waals surface area (Å²) in [6, 6.07) is 0.169. The normalized spacial score (nSPS) is 12.4. The van der Waals surface area contributed by atoms with E-state index in [2.05, 4.69) is 21.8 Å². The lowest BCUT2D eigenvalue weighted by atomic mass is 10.1. The lowest BCUT2D eigenvalue weighted by Gasteiger charge is -2.22. The van der Waals surface area contributed by atoms with Crippen molar-refractivity contribution in [1.29, 1.82) is 0 Å². The van der Waals surface area contributed by atoms with Gasteiger partial charge in [0.25, 0.3) is 0 Å². The van der Waals surface area contributed by atoms with Gasteiger partial charge in [-0.3, -0.25) is 0 Å². The van der Waals surface area contributed by atoms with Crippen LogP contribution in [0.25, 0.3) is 0 Å². The molecule has 0 aromatic carbocycles. The minimum Gasteiger partial charge on any atom is -0.383 e. The Labute approximate surface area is 121 Å². The third-order valence-electron chi connectivity index (χ3n) is 3.13. The minimum absolute atomic E-state index is 0.169. The van der Waals surface area contributed by atoms with E-state index in [9.17, 15) is 0 Å². The molecule has 0 amide bonds. The van der Waals surface area contributed by atoms with E-state index in [-0.39, 0.29) is 6.04 Å². The van der Waals surface area contributed by atoms with Crippen molar-refractivity contribution in [3.8, 4) is 0 Å². The highest BCUT2D eigenvalue weighted by Gasteiger charge is 2.10. The Morgan fingerprint density at radius 2 is 1.70 bits per heavy atom. The van der Waals surface area contributed by atoms with Gasteiger partial charge in [-0.15, -0.1) is 0 Å². The van der Waals surface area contributed by atoms with E-state index >= 15 is 0 Å². The summed E-state index contributed by atoms with van der Waals surface area (Å²) in [6.07, 6.45) is 5.47. The standard InChI is InChI=1S/C14H26N4O2/c1-4-13(15)9-12-10-16-14(17-11-12)18(5-7-19-2)6-8-20-3/h10-11,13H,4-9,15H2,1-3H3. The highest BCUT2D eigenvalue weighted by atomic mass is 16.5. The number of hydrogen-bond donors (Lipinski definition) is 1. The second kappa shape index (κ2) is 9.63. The molecule has 0 aliphatic carbocycles. The Morgan fingerprint density at radius 1 is 1.15 bits per heavy atom. The summed E-state index contributed by atoms with van der Waals surface area (Å²) in [6.45, 7) is 4.84. The van der Waals surface area contributed by atoms with Crippen LogP contribution in [0.1, 0.15) is 18.9 Å². The first-order chi connectivity index (χ1) is 9.71. The van der Waals surface area contributed by atoms with Gasteiger partial charge in [-0.1, -0.05) is 6.92 Å². The van der Waals surface area contributed by atoms with Crippen LogP contribution in [0.3, 0.4) is 0 Å². The molecule has 0 bridgehead atoms. The fourth-order valence-corrected chi connectivity index (χ4v) is 1.78. The maximum Gasteiger partial charge on any atom is 0.225 e. The van der Waals surface area contributed by atoms with Gasteiger partial charge >= 0.3 is 0 Å². The van der Waals surface area contributed by atoms with Crippen molar-refractivity contribution in [1.82, 2.24) is 9.97 Å². The molecule has 0 spiro atoms. The lowest BCUT2D eigenvalue weighted by Crippen LogP contribution is -2.32. The molecule has 1 rings (SSSR count). The van der Waals surface area contributed by atoms with Crippen LogP contribution in [-0.2, 0) is 15.9 Å². The summed E-state index contributed by atoms with van der Waals surface area (Å²) in [5.74, 6) is 0.702. The van der Waals surface area contributed by atoms with Gasteiger partial charge in [-0.05, 0) is 18.4 Å². The van der Waals surface area contributed by atoms with E-state index in [4.69, 9.17) is 15.2 Å². The molecule has 1 aromatic heterocycles. The summed E-state index contributed by atoms with van der Waals surface area (Å²) in [7, 11) is 3.37. The fourth-order valence-electron chi connectivity index (χ4n) is 1.78. The van der Waals surface area contributed by atoms with Gasteiger partial charge in [-0.25, -0.2) is 9.97 Å². The zero-order chi connectivity index (χ0) is 14.8. The van der Waals surface area contributed by atoms with Crippen LogP contribution < -0.4 is 10.6 Å². The molecule has 1 atom stereocenters. The molecule has 6 heteroatoms. The van der Waals surface area contributed by atoms with Crippen LogP contribution in [0.4, 0.5) is 5.95 Å². The Bertz CT molecular complexity index is 351. The first kappa shape index (κ1) is 16.8. The Kier molecular flexibility index (Phi) is 8.10. The van der Waals surface area contributed by atoms with Crippen LogP contribution in [-0.4, -0.2) is 56.5 Å². The fraction of sp³-hybridized carbons (Fsp3) is 0.714. The van der Waals surface area contributed by atoms with Crippen molar-refractivity contribution in [3.05, 3.63) is 18.0 Å². The molecule has 1 heterocycles. The van der Waals surface area contributed by atoms with Crippen molar-refractivity contribution in [3.63, 3.8) is 0 Å². The predicted octanol–water partition coefficient (Wildman–Crippen LogP) is 0.856. The molecule has 0 fully saturated rings. The molecule has 2 N–H and O–H groups in total. The number of ether oxygens (including phenoxy) is 2. The molecule has 20 heavy (non-hydrogen) atoms. The van der Waals surface area contributed by atoms with Gasteiger partial charge in [0.2, 0.25) is 5.95 Å². The first-order valence-corrected chi connectivity index (χ1v) is 7.00. The summed E-state index contributed by atoms with van der Waals surface area (Å²) in [5, 5.41) is 0. The van der Waals surface area contributed by atoms with Gasteiger partial charge in [0.15, 0.2) is 0 Å². The maximum absolute atomic E-state index is 5.94. The minimum atomic E-state index is 0.169. The topological polar surface area (TPSA) is 73.5 Å². The molecule has 0 aliphatic heterocycles. The molecular formula is C14H26N4O2. The Morgan fingerprint density at radius 3 is 2.15 bits per heavy atom. The molecule has 0 saturated heterocycles. The van der Waals surface area contributed by atoms with E-state index in [1.807, 2.05) is 12.4 Å². The summed E-state index contributed by atoms with van der Waals surface area (Å²) in [4.78, 5) is 10.9. The van der Waals surface area contributed by atoms with Crippen molar-refractivity contribution in [2.45, 2.75) is 25.8 Å².